The van der Waals surface area contributed by atoms with Crippen LogP contribution in [0.15, 0.2) is 24.3 Å². The van der Waals surface area contributed by atoms with Gasteiger partial charge in [0.1, 0.15) is 0 Å². The van der Waals surface area contributed by atoms with Gasteiger partial charge in [0.25, 0.3) is 0 Å². The van der Waals surface area contributed by atoms with Crippen LogP contribution in [0.2, 0.25) is 0 Å². The van der Waals surface area contributed by atoms with E-state index in [1.807, 2.05) is 0 Å². The van der Waals surface area contributed by atoms with Crippen molar-refractivity contribution in [2.75, 3.05) is 13.6 Å². The van der Waals surface area contributed by atoms with Crippen LogP contribution < -0.4 is 5.32 Å². The summed E-state index contributed by atoms with van der Waals surface area (Å²) in [6.07, 6.45) is 6.70. The molecule has 1 aromatic rings. The molecule has 1 N–H and O–H groups in total. The normalized spacial score (nSPS) is 27.1. The molecule has 1 aromatic carbocycles. The number of rotatable bonds is 4. The number of hydrogen-bond donors (Lipinski definition) is 1. The molecule has 2 atom stereocenters. The highest BCUT2D eigenvalue weighted by Crippen LogP contribution is 2.37. The molecule has 0 aromatic heterocycles. The predicted octanol–water partition coefficient (Wildman–Crippen LogP) is 3.14. The Morgan fingerprint density at radius 2 is 2.00 bits per heavy atom. The van der Waals surface area contributed by atoms with Crippen LogP contribution in [0.4, 0.5) is 0 Å². The van der Waals surface area contributed by atoms with E-state index in [2.05, 4.69) is 48.5 Å². The lowest BCUT2D eigenvalue weighted by atomic mass is 9.95. The fraction of sp³-hybridized carbons (Fsp3) is 0.647. The van der Waals surface area contributed by atoms with E-state index in [9.17, 15) is 0 Å². The van der Waals surface area contributed by atoms with Crippen LogP contribution in [0.1, 0.15) is 49.8 Å². The van der Waals surface area contributed by atoms with E-state index in [0.717, 1.165) is 6.04 Å². The van der Waals surface area contributed by atoms with Gasteiger partial charge in [0.15, 0.2) is 0 Å². The Morgan fingerprint density at radius 3 is 2.68 bits per heavy atom. The van der Waals surface area contributed by atoms with E-state index >= 15 is 0 Å². The van der Waals surface area contributed by atoms with Crippen molar-refractivity contribution in [2.24, 2.45) is 0 Å². The van der Waals surface area contributed by atoms with Crippen LogP contribution in [0.5, 0.6) is 0 Å². The number of hydrogen-bond acceptors (Lipinski definition) is 2. The van der Waals surface area contributed by atoms with Crippen molar-refractivity contribution in [3.05, 3.63) is 35.4 Å². The molecule has 0 bridgehead atoms. The second kappa shape index (κ2) is 5.64. The fourth-order valence-corrected chi connectivity index (χ4v) is 3.82. The minimum atomic E-state index is 0.499. The van der Waals surface area contributed by atoms with Crippen molar-refractivity contribution in [1.82, 2.24) is 10.2 Å². The molecule has 0 heterocycles. The Kier molecular flexibility index (Phi) is 3.90. The molecule has 0 amide bonds. The van der Waals surface area contributed by atoms with Crippen LogP contribution in [-0.4, -0.2) is 30.6 Å². The predicted molar refractivity (Wildman–Crippen MR) is 80.4 cm³/mol. The third kappa shape index (κ3) is 2.56. The average molecular weight is 258 g/mol. The highest BCUT2D eigenvalue weighted by molar-refractivity contribution is 5.32. The van der Waals surface area contributed by atoms with Gasteiger partial charge in [-0.1, -0.05) is 31.2 Å². The van der Waals surface area contributed by atoms with Gasteiger partial charge in [-0.25, -0.2) is 0 Å². The molecule has 2 nitrogen and oxygen atoms in total. The van der Waals surface area contributed by atoms with Gasteiger partial charge in [0, 0.05) is 18.1 Å². The summed E-state index contributed by atoms with van der Waals surface area (Å²) in [6, 6.07) is 11.1. The molecule has 2 heteroatoms. The number of nitrogens with one attached hydrogen (secondary N) is 1. The Bertz CT molecular complexity index is 425. The van der Waals surface area contributed by atoms with E-state index in [1.165, 1.54) is 44.2 Å². The summed E-state index contributed by atoms with van der Waals surface area (Å²) in [7, 11) is 2.13. The number of aryl methyl sites for hydroxylation is 1. The van der Waals surface area contributed by atoms with E-state index in [0.29, 0.717) is 12.1 Å². The van der Waals surface area contributed by atoms with Gasteiger partial charge in [-0.2, -0.15) is 0 Å². The van der Waals surface area contributed by atoms with Crippen LogP contribution in [-0.2, 0) is 6.42 Å². The summed E-state index contributed by atoms with van der Waals surface area (Å²) in [5, 5.41) is 3.61. The van der Waals surface area contributed by atoms with E-state index in [4.69, 9.17) is 0 Å². The van der Waals surface area contributed by atoms with Crippen molar-refractivity contribution in [2.45, 2.75) is 57.2 Å². The molecule has 19 heavy (non-hydrogen) atoms. The van der Waals surface area contributed by atoms with Crippen molar-refractivity contribution in [3.63, 3.8) is 0 Å². The second-order valence-corrected chi connectivity index (χ2v) is 5.99. The molecule has 104 valence electrons. The first-order valence-corrected chi connectivity index (χ1v) is 7.86. The van der Waals surface area contributed by atoms with Gasteiger partial charge in [-0.15, -0.1) is 0 Å². The van der Waals surface area contributed by atoms with Crippen LogP contribution >= 0.6 is 0 Å². The monoisotopic (exact) mass is 258 g/mol. The van der Waals surface area contributed by atoms with Crippen LogP contribution in [0.25, 0.3) is 0 Å². The lowest BCUT2D eigenvalue weighted by Gasteiger charge is -2.36. The average Bonchev–Trinajstić information content (AvgIpc) is 3.26. The van der Waals surface area contributed by atoms with E-state index in [1.54, 1.807) is 5.56 Å². The third-order valence-corrected chi connectivity index (χ3v) is 4.84. The zero-order valence-corrected chi connectivity index (χ0v) is 12.2. The summed E-state index contributed by atoms with van der Waals surface area (Å²) in [5.41, 5.74) is 3.09. The van der Waals surface area contributed by atoms with Crippen molar-refractivity contribution in [3.8, 4) is 0 Å². The smallest absolute Gasteiger partial charge is 0.0478 e. The quantitative estimate of drug-likeness (QED) is 0.835. The van der Waals surface area contributed by atoms with Crippen molar-refractivity contribution < 1.29 is 0 Å². The van der Waals surface area contributed by atoms with Crippen LogP contribution in [0, 0.1) is 0 Å². The Hall–Kier alpha value is -0.860. The first kappa shape index (κ1) is 13.1. The lowest BCUT2D eigenvalue weighted by molar-refractivity contribution is 0.150. The molecule has 3 rings (SSSR count). The fourth-order valence-electron chi connectivity index (χ4n) is 3.82. The van der Waals surface area contributed by atoms with E-state index in [-0.39, 0.29) is 0 Å². The molecule has 2 aliphatic rings. The Morgan fingerprint density at radius 1 is 1.21 bits per heavy atom. The summed E-state index contributed by atoms with van der Waals surface area (Å²) < 4.78 is 0. The molecule has 0 spiro atoms. The maximum Gasteiger partial charge on any atom is 0.0478 e. The topological polar surface area (TPSA) is 15.3 Å². The first-order valence-electron chi connectivity index (χ1n) is 7.86. The van der Waals surface area contributed by atoms with Gasteiger partial charge < -0.3 is 5.32 Å². The largest absolute Gasteiger partial charge is 0.312 e. The second-order valence-electron chi connectivity index (χ2n) is 5.99. The third-order valence-electron chi connectivity index (χ3n) is 4.84. The molecule has 0 aliphatic heterocycles. The highest BCUT2D eigenvalue weighted by atomic mass is 15.2. The highest BCUT2D eigenvalue weighted by Gasteiger charge is 2.37. The standard InChI is InChI=1S/C17H26N2/c1-3-19(14-11-12-14)16-10-6-8-13-7-4-5-9-15(13)17(16)18-2/h4-5,7,9,14,16-18H,3,6,8,10-12H2,1-2H3. The Labute approximate surface area is 117 Å². The molecule has 0 radical (unpaired) electrons. The molecular weight excluding hydrogens is 232 g/mol. The molecule has 2 unspecified atom stereocenters. The van der Waals surface area contributed by atoms with Crippen molar-refractivity contribution >= 4 is 0 Å². The van der Waals surface area contributed by atoms with E-state index < -0.39 is 0 Å². The number of fused-ring (bicyclic) bond motifs is 1. The lowest BCUT2D eigenvalue weighted by Crippen LogP contribution is -2.44. The molecule has 0 saturated heterocycles. The number of likely N-dealkylation sites (N-methyl/N-ethyl adjacent to an activating group) is 2. The first-order chi connectivity index (χ1) is 9.35. The number of benzene rings is 1. The zero-order valence-electron chi connectivity index (χ0n) is 12.2. The minimum absolute atomic E-state index is 0.499. The minimum Gasteiger partial charge on any atom is -0.312 e. The molecular formula is C17H26N2. The molecule has 1 saturated carbocycles. The van der Waals surface area contributed by atoms with Gasteiger partial charge in [0.05, 0.1) is 0 Å². The summed E-state index contributed by atoms with van der Waals surface area (Å²) in [6.45, 7) is 3.51. The summed E-state index contributed by atoms with van der Waals surface area (Å²) in [5.74, 6) is 0. The van der Waals surface area contributed by atoms with Gasteiger partial charge >= 0.3 is 0 Å². The summed E-state index contributed by atoms with van der Waals surface area (Å²) >= 11 is 0. The number of nitrogens with zero attached hydrogens (tertiary/aromatic N) is 1. The van der Waals surface area contributed by atoms with Crippen molar-refractivity contribution in [1.29, 1.82) is 0 Å². The Balaban J connectivity index is 1.92. The maximum absolute atomic E-state index is 3.61. The van der Waals surface area contributed by atoms with Gasteiger partial charge in [0.2, 0.25) is 0 Å². The van der Waals surface area contributed by atoms with Gasteiger partial charge in [-0.05, 0) is 56.8 Å². The maximum atomic E-state index is 3.61. The zero-order chi connectivity index (χ0) is 13.2. The SMILES string of the molecule is CCN(C1CC1)C1CCCc2ccccc2C1NC. The van der Waals surface area contributed by atoms with Gasteiger partial charge in [-0.3, -0.25) is 4.90 Å². The molecule has 2 aliphatic carbocycles. The summed E-state index contributed by atoms with van der Waals surface area (Å²) in [4.78, 5) is 2.75. The molecule has 1 fully saturated rings. The van der Waals surface area contributed by atoms with Crippen LogP contribution in [0.3, 0.4) is 0 Å².